The van der Waals surface area contributed by atoms with Crippen LogP contribution in [0.15, 0.2) is 18.3 Å². The molecule has 0 saturated carbocycles. The quantitative estimate of drug-likeness (QED) is 0.871. The third-order valence-corrected chi connectivity index (χ3v) is 3.44. The Morgan fingerprint density at radius 3 is 2.94 bits per heavy atom. The number of aromatic nitrogens is 1. The van der Waals surface area contributed by atoms with Gasteiger partial charge in [0.05, 0.1) is 0 Å². The zero-order valence-corrected chi connectivity index (χ0v) is 10.3. The monoisotopic (exact) mass is 237 g/mol. The summed E-state index contributed by atoms with van der Waals surface area (Å²) in [6.07, 6.45) is 5.22. The molecule has 1 aliphatic heterocycles. The van der Waals surface area contributed by atoms with Gasteiger partial charge in [0.15, 0.2) is 11.6 Å². The molecule has 0 bridgehead atoms. The second-order valence-electron chi connectivity index (χ2n) is 4.80. The minimum atomic E-state index is -0.268. The normalized spacial score (nSPS) is 18.2. The molecule has 4 heteroatoms. The first-order chi connectivity index (χ1) is 8.25. The van der Waals surface area contributed by atoms with Gasteiger partial charge in [-0.05, 0) is 57.5 Å². The highest BCUT2D eigenvalue weighted by atomic mass is 19.1. The summed E-state index contributed by atoms with van der Waals surface area (Å²) in [5.74, 6) is 0.877. The van der Waals surface area contributed by atoms with Gasteiger partial charge in [0, 0.05) is 12.7 Å². The second-order valence-corrected chi connectivity index (χ2v) is 4.80. The number of hydrogen-bond acceptors (Lipinski definition) is 3. The lowest BCUT2D eigenvalue weighted by atomic mass is 9.94. The van der Waals surface area contributed by atoms with Gasteiger partial charge in [-0.25, -0.2) is 9.37 Å². The van der Waals surface area contributed by atoms with E-state index in [9.17, 15) is 4.39 Å². The average molecular weight is 237 g/mol. The van der Waals surface area contributed by atoms with Crippen molar-refractivity contribution < 1.29 is 4.39 Å². The van der Waals surface area contributed by atoms with Crippen molar-refractivity contribution in [2.75, 3.05) is 32.0 Å². The van der Waals surface area contributed by atoms with Gasteiger partial charge in [0.2, 0.25) is 0 Å². The molecule has 1 fully saturated rings. The summed E-state index contributed by atoms with van der Waals surface area (Å²) in [5, 5.41) is 3.07. The summed E-state index contributed by atoms with van der Waals surface area (Å²) in [7, 11) is 2.16. The van der Waals surface area contributed by atoms with E-state index in [4.69, 9.17) is 0 Å². The summed E-state index contributed by atoms with van der Waals surface area (Å²) in [6, 6.07) is 3.04. The predicted octanol–water partition coefficient (Wildman–Crippen LogP) is 2.36. The largest absolute Gasteiger partial charge is 0.368 e. The number of rotatable bonds is 4. The molecule has 0 radical (unpaired) electrons. The third-order valence-electron chi connectivity index (χ3n) is 3.44. The van der Waals surface area contributed by atoms with Crippen molar-refractivity contribution >= 4 is 5.82 Å². The Balaban J connectivity index is 1.71. The first kappa shape index (κ1) is 12.3. The lowest BCUT2D eigenvalue weighted by molar-refractivity contribution is 0.215. The molecule has 1 aromatic heterocycles. The number of piperidine rings is 1. The van der Waals surface area contributed by atoms with Crippen LogP contribution in [0, 0.1) is 11.7 Å². The summed E-state index contributed by atoms with van der Waals surface area (Å²) in [4.78, 5) is 6.34. The van der Waals surface area contributed by atoms with Gasteiger partial charge in [-0.2, -0.15) is 0 Å². The number of pyridine rings is 1. The Morgan fingerprint density at radius 2 is 2.24 bits per heavy atom. The lowest BCUT2D eigenvalue weighted by Crippen LogP contribution is -2.30. The molecule has 0 unspecified atom stereocenters. The Bertz CT molecular complexity index is 348. The van der Waals surface area contributed by atoms with Gasteiger partial charge >= 0.3 is 0 Å². The molecule has 2 heterocycles. The molecule has 0 aliphatic carbocycles. The second kappa shape index (κ2) is 5.96. The van der Waals surface area contributed by atoms with E-state index in [0.717, 1.165) is 18.9 Å². The van der Waals surface area contributed by atoms with Gasteiger partial charge in [-0.3, -0.25) is 0 Å². The maximum Gasteiger partial charge on any atom is 0.165 e. The Kier molecular flexibility index (Phi) is 4.31. The minimum Gasteiger partial charge on any atom is -0.368 e. The van der Waals surface area contributed by atoms with Crippen LogP contribution >= 0.6 is 0 Å². The van der Waals surface area contributed by atoms with Crippen LogP contribution in [0.3, 0.4) is 0 Å². The summed E-state index contributed by atoms with van der Waals surface area (Å²) in [6.45, 7) is 3.17. The van der Waals surface area contributed by atoms with Crippen molar-refractivity contribution in [1.82, 2.24) is 9.88 Å². The lowest BCUT2D eigenvalue weighted by Gasteiger charge is -2.28. The molecule has 0 aromatic carbocycles. The van der Waals surface area contributed by atoms with Crippen LogP contribution in [0.4, 0.5) is 10.2 Å². The molecule has 1 saturated heterocycles. The van der Waals surface area contributed by atoms with Crippen molar-refractivity contribution in [3.63, 3.8) is 0 Å². The van der Waals surface area contributed by atoms with E-state index in [1.54, 1.807) is 12.3 Å². The van der Waals surface area contributed by atoms with Gasteiger partial charge in [-0.15, -0.1) is 0 Å². The van der Waals surface area contributed by atoms with Crippen molar-refractivity contribution in [3.05, 3.63) is 24.1 Å². The number of hydrogen-bond donors (Lipinski definition) is 1. The minimum absolute atomic E-state index is 0.268. The van der Waals surface area contributed by atoms with Crippen LogP contribution in [0.1, 0.15) is 19.3 Å². The zero-order valence-electron chi connectivity index (χ0n) is 10.3. The Morgan fingerprint density at radius 1 is 1.47 bits per heavy atom. The Labute approximate surface area is 102 Å². The molecule has 17 heavy (non-hydrogen) atoms. The topological polar surface area (TPSA) is 28.2 Å². The fraction of sp³-hybridized carbons (Fsp3) is 0.615. The zero-order chi connectivity index (χ0) is 12.1. The first-order valence-electron chi connectivity index (χ1n) is 6.28. The van der Waals surface area contributed by atoms with E-state index in [1.807, 2.05) is 0 Å². The van der Waals surface area contributed by atoms with Crippen LogP contribution in [0.25, 0.3) is 0 Å². The van der Waals surface area contributed by atoms with Gasteiger partial charge in [0.1, 0.15) is 0 Å². The number of nitrogens with one attached hydrogen (secondary N) is 1. The smallest absolute Gasteiger partial charge is 0.165 e. The molecule has 0 amide bonds. The maximum atomic E-state index is 13.3. The first-order valence-corrected chi connectivity index (χ1v) is 6.28. The maximum absolute atomic E-state index is 13.3. The average Bonchev–Trinajstić information content (AvgIpc) is 2.34. The molecular formula is C13H20FN3. The van der Waals surface area contributed by atoms with Crippen LogP contribution in [-0.2, 0) is 0 Å². The van der Waals surface area contributed by atoms with Crippen molar-refractivity contribution in [2.45, 2.75) is 19.3 Å². The summed E-state index contributed by atoms with van der Waals surface area (Å²) in [5.41, 5.74) is 0. The SMILES string of the molecule is CN1CCC(CCNc2ncccc2F)CC1. The number of nitrogens with zero attached hydrogens (tertiary/aromatic N) is 2. The van der Waals surface area contributed by atoms with Crippen LogP contribution < -0.4 is 5.32 Å². The van der Waals surface area contributed by atoms with E-state index in [-0.39, 0.29) is 5.82 Å². The third kappa shape index (κ3) is 3.66. The fourth-order valence-corrected chi connectivity index (χ4v) is 2.26. The molecule has 94 valence electrons. The Hall–Kier alpha value is -1.16. The highest BCUT2D eigenvalue weighted by Gasteiger charge is 2.16. The highest BCUT2D eigenvalue weighted by Crippen LogP contribution is 2.19. The van der Waals surface area contributed by atoms with E-state index in [1.165, 1.54) is 32.0 Å². The summed E-state index contributed by atoms with van der Waals surface area (Å²) >= 11 is 0. The van der Waals surface area contributed by atoms with Crippen molar-refractivity contribution in [2.24, 2.45) is 5.92 Å². The molecule has 2 rings (SSSR count). The standard InChI is InChI=1S/C13H20FN3/c1-17-9-5-11(6-10-17)4-8-16-13-12(14)3-2-7-15-13/h2-3,7,11H,4-6,8-10H2,1H3,(H,15,16). The van der Waals surface area contributed by atoms with Crippen molar-refractivity contribution in [3.8, 4) is 0 Å². The molecule has 1 aromatic rings. The van der Waals surface area contributed by atoms with E-state index >= 15 is 0 Å². The van der Waals surface area contributed by atoms with Gasteiger partial charge in [0.25, 0.3) is 0 Å². The molecule has 0 spiro atoms. The van der Waals surface area contributed by atoms with Crippen LogP contribution in [0.5, 0.6) is 0 Å². The molecule has 0 atom stereocenters. The molecule has 1 aliphatic rings. The molecule has 3 nitrogen and oxygen atoms in total. The number of anilines is 1. The van der Waals surface area contributed by atoms with Gasteiger partial charge in [-0.1, -0.05) is 0 Å². The number of halogens is 1. The number of likely N-dealkylation sites (tertiary alicyclic amines) is 1. The van der Waals surface area contributed by atoms with E-state index in [2.05, 4.69) is 22.2 Å². The highest BCUT2D eigenvalue weighted by molar-refractivity contribution is 5.35. The summed E-state index contributed by atoms with van der Waals surface area (Å²) < 4.78 is 13.3. The van der Waals surface area contributed by atoms with Crippen molar-refractivity contribution in [1.29, 1.82) is 0 Å². The van der Waals surface area contributed by atoms with E-state index in [0.29, 0.717) is 5.82 Å². The van der Waals surface area contributed by atoms with Crippen LogP contribution in [0.2, 0.25) is 0 Å². The van der Waals surface area contributed by atoms with Crippen LogP contribution in [-0.4, -0.2) is 36.6 Å². The fourth-order valence-electron chi connectivity index (χ4n) is 2.26. The predicted molar refractivity (Wildman–Crippen MR) is 67.5 cm³/mol. The molecular weight excluding hydrogens is 217 g/mol. The van der Waals surface area contributed by atoms with Gasteiger partial charge < -0.3 is 10.2 Å². The van der Waals surface area contributed by atoms with E-state index < -0.39 is 0 Å². The molecule has 1 N–H and O–H groups in total.